The summed E-state index contributed by atoms with van der Waals surface area (Å²) in [6, 6.07) is 6.44. The lowest BCUT2D eigenvalue weighted by Gasteiger charge is -2.31. The van der Waals surface area contributed by atoms with Gasteiger partial charge in [0.2, 0.25) is 0 Å². The molecule has 152 valence electrons. The lowest BCUT2D eigenvalue weighted by molar-refractivity contribution is 0.0243. The van der Waals surface area contributed by atoms with E-state index in [1.165, 1.54) is 11.3 Å². The Balaban J connectivity index is 0.00000261. The molecule has 0 aromatic heterocycles. The molecule has 2 N–H and O–H groups in total. The molecule has 8 heteroatoms. The van der Waals surface area contributed by atoms with Crippen LogP contribution in [0.1, 0.15) is 25.3 Å². The van der Waals surface area contributed by atoms with E-state index in [4.69, 9.17) is 9.47 Å². The normalized spacial score (nSPS) is 23.1. The third kappa shape index (κ3) is 6.47. The van der Waals surface area contributed by atoms with E-state index in [1.54, 1.807) is 7.05 Å². The van der Waals surface area contributed by atoms with Crippen LogP contribution in [-0.2, 0) is 16.0 Å². The number of nitrogens with one attached hydrogen (secondary N) is 2. The first-order valence-corrected chi connectivity index (χ1v) is 10.1. The molecular formula is C19H30BrIN4O2. The van der Waals surface area contributed by atoms with Crippen LogP contribution in [0, 0.1) is 0 Å². The Bertz CT molecular complexity index is 632. The molecule has 2 fully saturated rings. The average molecular weight is 553 g/mol. The average Bonchev–Trinajstić information content (AvgIpc) is 3.10. The van der Waals surface area contributed by atoms with Crippen LogP contribution in [0.5, 0.6) is 0 Å². The summed E-state index contributed by atoms with van der Waals surface area (Å²) in [5.41, 5.74) is 2.41. The number of guanidine groups is 1. The van der Waals surface area contributed by atoms with Crippen LogP contribution < -0.4 is 15.5 Å². The molecule has 1 aromatic carbocycles. The maximum absolute atomic E-state index is 5.84. The molecule has 0 aliphatic carbocycles. The van der Waals surface area contributed by atoms with Gasteiger partial charge < -0.3 is 25.0 Å². The van der Waals surface area contributed by atoms with Crippen molar-refractivity contribution >= 4 is 51.6 Å². The van der Waals surface area contributed by atoms with Crippen molar-refractivity contribution in [3.8, 4) is 0 Å². The number of halogens is 2. The molecule has 2 saturated heterocycles. The highest BCUT2D eigenvalue weighted by Gasteiger charge is 2.29. The van der Waals surface area contributed by atoms with Gasteiger partial charge in [-0.1, -0.05) is 22.0 Å². The molecule has 27 heavy (non-hydrogen) atoms. The topological polar surface area (TPSA) is 58.1 Å². The fourth-order valence-electron chi connectivity index (χ4n) is 3.43. The van der Waals surface area contributed by atoms with Crippen LogP contribution in [0.4, 0.5) is 5.69 Å². The predicted octanol–water partition coefficient (Wildman–Crippen LogP) is 3.14. The number of ether oxygens (including phenoxy) is 2. The number of anilines is 1. The maximum atomic E-state index is 5.84. The molecular weight excluding hydrogens is 523 g/mol. The molecule has 2 aliphatic heterocycles. The number of hydrogen-bond acceptors (Lipinski definition) is 4. The van der Waals surface area contributed by atoms with E-state index in [1.807, 2.05) is 0 Å². The maximum Gasteiger partial charge on any atom is 0.191 e. The lowest BCUT2D eigenvalue weighted by Crippen LogP contribution is -2.45. The monoisotopic (exact) mass is 552 g/mol. The van der Waals surface area contributed by atoms with E-state index >= 15 is 0 Å². The van der Waals surface area contributed by atoms with Crippen molar-refractivity contribution < 1.29 is 9.47 Å². The predicted molar refractivity (Wildman–Crippen MR) is 124 cm³/mol. The second kappa shape index (κ2) is 10.8. The van der Waals surface area contributed by atoms with Crippen molar-refractivity contribution in [1.29, 1.82) is 0 Å². The Hall–Kier alpha value is -0.580. The summed E-state index contributed by atoms with van der Waals surface area (Å²) in [5.74, 6) is 0.803. The number of aliphatic imine (C=N–C) groups is 1. The van der Waals surface area contributed by atoms with Gasteiger partial charge in [-0.2, -0.15) is 0 Å². The lowest BCUT2D eigenvalue weighted by atomic mass is 10.0. The minimum absolute atomic E-state index is 0. The zero-order valence-corrected chi connectivity index (χ0v) is 20.0. The van der Waals surface area contributed by atoms with Gasteiger partial charge in [0, 0.05) is 50.0 Å². The molecule has 1 aromatic rings. The quantitative estimate of drug-likeness (QED) is 0.334. The van der Waals surface area contributed by atoms with E-state index in [0.717, 1.165) is 69.3 Å². The molecule has 2 heterocycles. The number of morpholine rings is 1. The van der Waals surface area contributed by atoms with Gasteiger partial charge in [-0.3, -0.25) is 4.99 Å². The summed E-state index contributed by atoms with van der Waals surface area (Å²) in [7, 11) is 1.80. The van der Waals surface area contributed by atoms with Crippen LogP contribution >= 0.6 is 39.9 Å². The first kappa shape index (κ1) is 22.7. The van der Waals surface area contributed by atoms with Gasteiger partial charge in [0.05, 0.1) is 18.8 Å². The summed E-state index contributed by atoms with van der Waals surface area (Å²) < 4.78 is 12.4. The van der Waals surface area contributed by atoms with E-state index in [-0.39, 0.29) is 29.6 Å². The van der Waals surface area contributed by atoms with Crippen molar-refractivity contribution in [2.45, 2.75) is 31.9 Å². The van der Waals surface area contributed by atoms with Crippen LogP contribution in [0.3, 0.4) is 0 Å². The van der Waals surface area contributed by atoms with Crippen molar-refractivity contribution in [1.82, 2.24) is 10.6 Å². The third-order valence-corrected chi connectivity index (χ3v) is 5.49. The molecule has 0 bridgehead atoms. The third-order valence-electron chi connectivity index (χ3n) is 5.00. The largest absolute Gasteiger partial charge is 0.378 e. The Labute approximate surface area is 187 Å². The Morgan fingerprint density at radius 1 is 1.26 bits per heavy atom. The molecule has 1 atom stereocenters. The molecule has 1 unspecified atom stereocenters. The van der Waals surface area contributed by atoms with E-state index in [0.29, 0.717) is 0 Å². The van der Waals surface area contributed by atoms with Gasteiger partial charge in [-0.05, 0) is 37.5 Å². The Morgan fingerprint density at radius 3 is 2.70 bits per heavy atom. The molecule has 2 aliphatic rings. The Morgan fingerprint density at radius 2 is 2.04 bits per heavy atom. The summed E-state index contributed by atoms with van der Waals surface area (Å²) in [5, 5.41) is 6.84. The van der Waals surface area contributed by atoms with Gasteiger partial charge >= 0.3 is 0 Å². The summed E-state index contributed by atoms with van der Waals surface area (Å²) in [4.78, 5) is 6.73. The van der Waals surface area contributed by atoms with Gasteiger partial charge in [-0.25, -0.2) is 0 Å². The smallest absolute Gasteiger partial charge is 0.191 e. The first-order chi connectivity index (χ1) is 12.6. The SMILES string of the molecule is CN=C(NCc1ccc(Br)cc1N1CCOCC1)NCC1(C)CCCO1.I. The molecule has 0 saturated carbocycles. The first-order valence-electron chi connectivity index (χ1n) is 9.29. The molecule has 0 radical (unpaired) electrons. The van der Waals surface area contributed by atoms with E-state index in [9.17, 15) is 0 Å². The highest BCUT2D eigenvalue weighted by molar-refractivity contribution is 14.0. The summed E-state index contributed by atoms with van der Waals surface area (Å²) in [6.07, 6.45) is 2.22. The zero-order valence-electron chi connectivity index (χ0n) is 16.1. The van der Waals surface area contributed by atoms with Crippen LogP contribution in [-0.4, -0.2) is 58.1 Å². The summed E-state index contributed by atoms with van der Waals surface area (Å²) in [6.45, 7) is 7.90. The van der Waals surface area contributed by atoms with Crippen LogP contribution in [0.2, 0.25) is 0 Å². The van der Waals surface area contributed by atoms with E-state index in [2.05, 4.69) is 61.6 Å². The summed E-state index contributed by atoms with van der Waals surface area (Å²) >= 11 is 3.60. The van der Waals surface area contributed by atoms with Crippen LogP contribution in [0.25, 0.3) is 0 Å². The van der Waals surface area contributed by atoms with Gasteiger partial charge in [0.1, 0.15) is 0 Å². The fourth-order valence-corrected chi connectivity index (χ4v) is 3.78. The van der Waals surface area contributed by atoms with Crippen molar-refractivity contribution in [3.05, 3.63) is 28.2 Å². The number of nitrogens with zero attached hydrogens (tertiary/aromatic N) is 2. The second-order valence-electron chi connectivity index (χ2n) is 7.05. The van der Waals surface area contributed by atoms with Crippen LogP contribution in [0.15, 0.2) is 27.7 Å². The molecule has 0 amide bonds. The van der Waals surface area contributed by atoms with Crippen molar-refractivity contribution in [3.63, 3.8) is 0 Å². The second-order valence-corrected chi connectivity index (χ2v) is 7.97. The van der Waals surface area contributed by atoms with Gasteiger partial charge in [0.25, 0.3) is 0 Å². The number of rotatable bonds is 5. The minimum atomic E-state index is -0.0891. The zero-order chi connectivity index (χ0) is 18.4. The fraction of sp³-hybridized carbons (Fsp3) is 0.632. The highest BCUT2D eigenvalue weighted by Crippen LogP contribution is 2.26. The van der Waals surface area contributed by atoms with Crippen molar-refractivity contribution in [2.24, 2.45) is 4.99 Å². The van der Waals surface area contributed by atoms with Crippen molar-refractivity contribution in [2.75, 3.05) is 51.4 Å². The van der Waals surface area contributed by atoms with Gasteiger partial charge in [-0.15, -0.1) is 24.0 Å². The number of benzene rings is 1. The van der Waals surface area contributed by atoms with E-state index < -0.39 is 0 Å². The van der Waals surface area contributed by atoms with Gasteiger partial charge in [0.15, 0.2) is 5.96 Å². The highest BCUT2D eigenvalue weighted by atomic mass is 127. The number of hydrogen-bond donors (Lipinski definition) is 2. The molecule has 6 nitrogen and oxygen atoms in total. The molecule has 3 rings (SSSR count). The molecule has 0 spiro atoms. The minimum Gasteiger partial charge on any atom is -0.378 e. The standard InChI is InChI=1S/C19H29BrN4O2.HI/c1-19(6-3-9-26-19)14-23-18(21-2)22-13-15-4-5-16(20)12-17(15)24-7-10-25-11-8-24;/h4-5,12H,3,6-11,13-14H2,1-2H3,(H2,21,22,23);1H. The Kier molecular flexibility index (Phi) is 9.10.